The van der Waals surface area contributed by atoms with Gasteiger partial charge in [0.2, 0.25) is 0 Å². The molecule has 0 aliphatic carbocycles. The van der Waals surface area contributed by atoms with Crippen LogP contribution in [0.3, 0.4) is 0 Å². The number of aliphatic hydroxyl groups is 1. The first-order chi connectivity index (χ1) is 12.2. The maximum absolute atomic E-state index is 13.9. The Hall–Kier alpha value is -2.15. The molecule has 1 heterocycles. The quantitative estimate of drug-likeness (QED) is 0.832. The molecular weight excluding hydrogens is 341 g/mol. The van der Waals surface area contributed by atoms with Gasteiger partial charge < -0.3 is 19.5 Å². The Morgan fingerprint density at radius 1 is 1.35 bits per heavy atom. The van der Waals surface area contributed by atoms with E-state index in [1.165, 1.54) is 19.2 Å². The number of hydrogen-bond donors (Lipinski definition) is 1. The van der Waals surface area contributed by atoms with Crippen LogP contribution in [-0.2, 0) is 9.47 Å². The smallest absolute Gasteiger partial charge is 0.410 e. The predicted molar refractivity (Wildman–Crippen MR) is 93.5 cm³/mol. The summed E-state index contributed by atoms with van der Waals surface area (Å²) in [6.07, 6.45) is 0.167. The van der Waals surface area contributed by atoms with Crippen molar-refractivity contribution in [3.05, 3.63) is 35.1 Å². The molecule has 26 heavy (non-hydrogen) atoms. The molecular formula is C19H26FNO5. The minimum Gasteiger partial charge on any atom is -0.465 e. The normalized spacial score (nSPS) is 20.6. The van der Waals surface area contributed by atoms with Gasteiger partial charge in [-0.25, -0.2) is 14.0 Å². The number of halogens is 1. The third kappa shape index (κ3) is 4.72. The van der Waals surface area contributed by atoms with Crippen LogP contribution >= 0.6 is 0 Å². The van der Waals surface area contributed by atoms with Gasteiger partial charge in [-0.15, -0.1) is 0 Å². The summed E-state index contributed by atoms with van der Waals surface area (Å²) >= 11 is 0. The first-order valence-electron chi connectivity index (χ1n) is 8.62. The monoisotopic (exact) mass is 367 g/mol. The number of esters is 1. The molecule has 0 saturated carbocycles. The second-order valence-corrected chi connectivity index (χ2v) is 7.50. The highest BCUT2D eigenvalue weighted by atomic mass is 19.1. The summed E-state index contributed by atoms with van der Waals surface area (Å²) < 4.78 is 23.9. The van der Waals surface area contributed by atoms with Gasteiger partial charge in [0.05, 0.1) is 12.7 Å². The molecule has 1 fully saturated rings. The molecule has 1 aromatic carbocycles. The Balaban J connectivity index is 2.17. The summed E-state index contributed by atoms with van der Waals surface area (Å²) in [6, 6.07) is 4.31. The topological polar surface area (TPSA) is 76.1 Å². The molecule has 0 spiro atoms. The molecule has 144 valence electrons. The lowest BCUT2D eigenvalue weighted by molar-refractivity contribution is 0.0102. The van der Waals surface area contributed by atoms with E-state index in [0.717, 1.165) is 5.56 Å². The number of likely N-dealkylation sites (tertiary alicyclic amines) is 1. The number of nitrogens with zero attached hydrogens (tertiary/aromatic N) is 1. The maximum Gasteiger partial charge on any atom is 0.410 e. The number of benzene rings is 1. The maximum atomic E-state index is 13.9. The van der Waals surface area contributed by atoms with Crippen molar-refractivity contribution in [3.63, 3.8) is 0 Å². The fraction of sp³-hybridized carbons (Fsp3) is 0.579. The number of methoxy groups -OCH3 is 1. The van der Waals surface area contributed by atoms with Crippen molar-refractivity contribution in [1.82, 2.24) is 4.90 Å². The number of hydrogen-bond acceptors (Lipinski definition) is 5. The van der Waals surface area contributed by atoms with Crippen LogP contribution in [0, 0.1) is 11.7 Å². The number of carbonyl (C=O) groups excluding carboxylic acids is 2. The van der Waals surface area contributed by atoms with E-state index in [2.05, 4.69) is 4.74 Å². The number of ether oxygens (including phenoxy) is 2. The van der Waals surface area contributed by atoms with Crippen LogP contribution in [0.2, 0.25) is 0 Å². The van der Waals surface area contributed by atoms with Crippen molar-refractivity contribution < 1.29 is 28.6 Å². The highest BCUT2D eigenvalue weighted by molar-refractivity contribution is 5.89. The van der Waals surface area contributed by atoms with Gasteiger partial charge in [-0.1, -0.05) is 6.07 Å². The van der Waals surface area contributed by atoms with Crippen LogP contribution in [0.15, 0.2) is 18.2 Å². The van der Waals surface area contributed by atoms with Gasteiger partial charge in [-0.05, 0) is 50.8 Å². The Kier molecular flexibility index (Phi) is 6.23. The van der Waals surface area contributed by atoms with Crippen molar-refractivity contribution in [2.75, 3.05) is 26.8 Å². The van der Waals surface area contributed by atoms with Crippen LogP contribution < -0.4 is 0 Å². The van der Waals surface area contributed by atoms with Gasteiger partial charge in [0.15, 0.2) is 0 Å². The van der Waals surface area contributed by atoms with Crippen LogP contribution in [0.25, 0.3) is 0 Å². The Labute approximate surface area is 152 Å². The molecule has 2 unspecified atom stereocenters. The Bertz CT molecular complexity index is 670. The molecule has 1 aromatic rings. The van der Waals surface area contributed by atoms with E-state index >= 15 is 0 Å². The molecule has 2 atom stereocenters. The minimum absolute atomic E-state index is 0.0947. The summed E-state index contributed by atoms with van der Waals surface area (Å²) in [7, 11) is 1.20. The van der Waals surface area contributed by atoms with E-state index in [1.54, 1.807) is 31.7 Å². The number of amides is 1. The molecule has 1 amide bonds. The first kappa shape index (κ1) is 20.2. The number of piperidine rings is 1. The van der Waals surface area contributed by atoms with Crippen LogP contribution in [-0.4, -0.2) is 54.5 Å². The number of rotatable bonds is 3. The van der Waals surface area contributed by atoms with E-state index in [-0.39, 0.29) is 24.0 Å². The van der Waals surface area contributed by atoms with Crippen molar-refractivity contribution >= 4 is 12.1 Å². The fourth-order valence-electron chi connectivity index (χ4n) is 3.19. The average Bonchev–Trinajstić information content (AvgIpc) is 2.59. The molecule has 1 saturated heterocycles. The van der Waals surface area contributed by atoms with Gasteiger partial charge in [0.25, 0.3) is 0 Å². The van der Waals surface area contributed by atoms with Crippen LogP contribution in [0.5, 0.6) is 0 Å². The molecule has 0 bridgehead atoms. The molecule has 1 aliphatic rings. The second kappa shape index (κ2) is 8.03. The molecule has 2 rings (SSSR count). The summed E-state index contributed by atoms with van der Waals surface area (Å²) in [5.74, 6) is -1.71. The predicted octanol–water partition coefficient (Wildman–Crippen LogP) is 2.95. The average molecular weight is 367 g/mol. The third-order valence-electron chi connectivity index (χ3n) is 4.44. The summed E-state index contributed by atoms with van der Waals surface area (Å²) in [5, 5.41) is 9.79. The number of aliphatic hydroxyl groups excluding tert-OH is 1. The molecule has 6 nitrogen and oxygen atoms in total. The van der Waals surface area contributed by atoms with Crippen molar-refractivity contribution in [1.29, 1.82) is 0 Å². The standard InChI is InChI=1S/C19H26FNO5/c1-19(2,3)26-18(24)21-8-7-14(13(10-21)11-22)12-5-6-16(20)15(9-12)17(23)25-4/h5-6,9,13-14,22H,7-8,10-11H2,1-4H3. The lowest BCUT2D eigenvalue weighted by Gasteiger charge is -2.38. The molecule has 1 aliphatic heterocycles. The van der Waals surface area contributed by atoms with Gasteiger partial charge in [-0.3, -0.25) is 0 Å². The largest absolute Gasteiger partial charge is 0.465 e. The second-order valence-electron chi connectivity index (χ2n) is 7.50. The van der Waals surface area contributed by atoms with Gasteiger partial charge in [0, 0.05) is 25.6 Å². The zero-order chi connectivity index (χ0) is 19.5. The lowest BCUT2D eigenvalue weighted by atomic mass is 9.80. The zero-order valence-corrected chi connectivity index (χ0v) is 15.6. The number of carbonyl (C=O) groups is 2. The third-order valence-corrected chi connectivity index (χ3v) is 4.44. The van der Waals surface area contributed by atoms with E-state index in [4.69, 9.17) is 4.74 Å². The minimum atomic E-state index is -0.740. The Morgan fingerprint density at radius 3 is 2.62 bits per heavy atom. The molecule has 0 radical (unpaired) electrons. The van der Waals surface area contributed by atoms with Gasteiger partial charge >= 0.3 is 12.1 Å². The summed E-state index contributed by atoms with van der Waals surface area (Å²) in [4.78, 5) is 25.5. The fourth-order valence-corrected chi connectivity index (χ4v) is 3.19. The highest BCUT2D eigenvalue weighted by Crippen LogP contribution is 2.34. The Morgan fingerprint density at radius 2 is 2.04 bits per heavy atom. The lowest BCUT2D eigenvalue weighted by Crippen LogP contribution is -2.46. The SMILES string of the molecule is COC(=O)c1cc(C2CCN(C(=O)OC(C)(C)C)CC2CO)ccc1F. The van der Waals surface area contributed by atoms with Crippen LogP contribution in [0.4, 0.5) is 9.18 Å². The summed E-state index contributed by atoms with van der Waals surface area (Å²) in [5.41, 5.74) is 0.0283. The van der Waals surface area contributed by atoms with E-state index in [9.17, 15) is 19.1 Å². The van der Waals surface area contributed by atoms with Crippen molar-refractivity contribution in [2.24, 2.45) is 5.92 Å². The van der Waals surface area contributed by atoms with E-state index < -0.39 is 23.5 Å². The first-order valence-corrected chi connectivity index (χ1v) is 8.62. The molecule has 0 aromatic heterocycles. The zero-order valence-electron chi connectivity index (χ0n) is 15.6. The van der Waals surface area contributed by atoms with Crippen LogP contribution in [0.1, 0.15) is 49.0 Å². The summed E-state index contributed by atoms with van der Waals surface area (Å²) in [6.45, 7) is 6.06. The molecule has 1 N–H and O–H groups in total. The molecule has 7 heteroatoms. The highest BCUT2D eigenvalue weighted by Gasteiger charge is 2.34. The van der Waals surface area contributed by atoms with Gasteiger partial charge in [0.1, 0.15) is 11.4 Å². The van der Waals surface area contributed by atoms with Crippen molar-refractivity contribution in [3.8, 4) is 0 Å². The van der Waals surface area contributed by atoms with E-state index in [1.807, 2.05) is 0 Å². The van der Waals surface area contributed by atoms with Crippen molar-refractivity contribution in [2.45, 2.75) is 38.7 Å². The van der Waals surface area contributed by atoms with Gasteiger partial charge in [-0.2, -0.15) is 0 Å². The van der Waals surface area contributed by atoms with E-state index in [0.29, 0.717) is 19.5 Å².